The SMILES string of the molecule is CCC(C)(C(=O)N(C)Cc1cccc(C)n1)C(N)=S. The highest BCUT2D eigenvalue weighted by atomic mass is 32.1. The summed E-state index contributed by atoms with van der Waals surface area (Å²) in [5.74, 6) is -0.0641. The molecule has 0 radical (unpaired) electrons. The van der Waals surface area contributed by atoms with Crippen LogP contribution in [-0.4, -0.2) is 27.8 Å². The van der Waals surface area contributed by atoms with Crippen LogP contribution in [0, 0.1) is 12.3 Å². The predicted octanol–water partition coefficient (Wildman–Crippen LogP) is 2.05. The molecule has 1 aromatic heterocycles. The second-order valence-corrected chi connectivity index (χ2v) is 5.42. The highest BCUT2D eigenvalue weighted by Crippen LogP contribution is 2.24. The van der Waals surface area contributed by atoms with Crippen molar-refractivity contribution >= 4 is 23.1 Å². The average Bonchev–Trinajstić information content (AvgIpc) is 2.36. The van der Waals surface area contributed by atoms with Crippen LogP contribution in [0.1, 0.15) is 31.7 Å². The summed E-state index contributed by atoms with van der Waals surface area (Å²) in [6, 6.07) is 5.76. The summed E-state index contributed by atoms with van der Waals surface area (Å²) in [5.41, 5.74) is 6.72. The van der Waals surface area contributed by atoms with Gasteiger partial charge in [0.2, 0.25) is 5.91 Å². The smallest absolute Gasteiger partial charge is 0.235 e. The van der Waals surface area contributed by atoms with Gasteiger partial charge >= 0.3 is 0 Å². The largest absolute Gasteiger partial charge is 0.392 e. The molecule has 0 aromatic carbocycles. The first-order valence-corrected chi connectivity index (χ1v) is 6.70. The molecule has 0 spiro atoms. The first kappa shape index (κ1) is 15.6. The standard InChI is InChI=1S/C14H21N3OS/c1-5-14(3,12(15)19)13(18)17(4)9-11-8-6-7-10(2)16-11/h6-8H,5,9H2,1-4H3,(H2,15,19). The van der Waals surface area contributed by atoms with E-state index in [1.54, 1.807) is 18.9 Å². The Bertz CT molecular complexity index is 489. The van der Waals surface area contributed by atoms with Gasteiger partial charge in [-0.25, -0.2) is 0 Å². The minimum atomic E-state index is -0.784. The first-order valence-electron chi connectivity index (χ1n) is 6.29. The van der Waals surface area contributed by atoms with Crippen molar-refractivity contribution < 1.29 is 4.79 Å². The fraction of sp³-hybridized carbons (Fsp3) is 0.500. The number of nitrogens with two attached hydrogens (primary N) is 1. The molecule has 1 amide bonds. The van der Waals surface area contributed by atoms with Crippen LogP contribution < -0.4 is 5.73 Å². The van der Waals surface area contributed by atoms with Gasteiger partial charge in [0, 0.05) is 12.7 Å². The monoisotopic (exact) mass is 279 g/mol. The van der Waals surface area contributed by atoms with Gasteiger partial charge in [0.1, 0.15) is 0 Å². The summed E-state index contributed by atoms with van der Waals surface area (Å²) in [5, 5.41) is 0. The normalized spacial score (nSPS) is 13.7. The van der Waals surface area contributed by atoms with Crippen LogP contribution in [0.2, 0.25) is 0 Å². The van der Waals surface area contributed by atoms with Crippen LogP contribution in [0.15, 0.2) is 18.2 Å². The van der Waals surface area contributed by atoms with Gasteiger partial charge in [-0.05, 0) is 32.4 Å². The van der Waals surface area contributed by atoms with E-state index < -0.39 is 5.41 Å². The van der Waals surface area contributed by atoms with E-state index in [1.165, 1.54) is 0 Å². The fourth-order valence-electron chi connectivity index (χ4n) is 1.85. The molecule has 1 atom stereocenters. The number of amides is 1. The van der Waals surface area contributed by atoms with Crippen LogP contribution >= 0.6 is 12.2 Å². The topological polar surface area (TPSA) is 59.2 Å². The van der Waals surface area contributed by atoms with E-state index in [1.807, 2.05) is 32.0 Å². The molecule has 1 aromatic rings. The Kier molecular flexibility index (Phi) is 5.00. The maximum absolute atomic E-state index is 12.5. The molecule has 0 aliphatic rings. The lowest BCUT2D eigenvalue weighted by Gasteiger charge is -2.30. The van der Waals surface area contributed by atoms with Crippen molar-refractivity contribution in [2.24, 2.45) is 11.1 Å². The van der Waals surface area contributed by atoms with Gasteiger partial charge in [-0.3, -0.25) is 9.78 Å². The summed E-state index contributed by atoms with van der Waals surface area (Å²) in [7, 11) is 1.75. The maximum atomic E-state index is 12.5. The zero-order valence-electron chi connectivity index (χ0n) is 11.9. The Hall–Kier alpha value is -1.49. The van der Waals surface area contributed by atoms with E-state index in [9.17, 15) is 4.79 Å². The highest BCUT2D eigenvalue weighted by Gasteiger charge is 2.36. The third-order valence-corrected chi connectivity index (χ3v) is 3.87. The van der Waals surface area contributed by atoms with Crippen molar-refractivity contribution in [1.29, 1.82) is 0 Å². The van der Waals surface area contributed by atoms with Crippen molar-refractivity contribution in [3.8, 4) is 0 Å². The van der Waals surface area contributed by atoms with Crippen LogP contribution in [-0.2, 0) is 11.3 Å². The van der Waals surface area contributed by atoms with E-state index in [0.717, 1.165) is 11.4 Å². The minimum absolute atomic E-state index is 0.0641. The summed E-state index contributed by atoms with van der Waals surface area (Å²) in [4.78, 5) is 18.7. The molecule has 4 nitrogen and oxygen atoms in total. The average molecular weight is 279 g/mol. The molecule has 0 aliphatic heterocycles. The molecule has 19 heavy (non-hydrogen) atoms. The van der Waals surface area contributed by atoms with Gasteiger partial charge in [-0.1, -0.05) is 25.2 Å². The van der Waals surface area contributed by atoms with Crippen molar-refractivity contribution in [2.75, 3.05) is 7.05 Å². The molecule has 0 bridgehead atoms. The quantitative estimate of drug-likeness (QED) is 0.838. The lowest BCUT2D eigenvalue weighted by molar-refractivity contribution is -0.137. The predicted molar refractivity (Wildman–Crippen MR) is 80.6 cm³/mol. The Morgan fingerprint density at radius 1 is 1.53 bits per heavy atom. The number of carbonyl (C=O) groups is 1. The van der Waals surface area contributed by atoms with Crippen molar-refractivity contribution in [1.82, 2.24) is 9.88 Å². The van der Waals surface area contributed by atoms with Crippen molar-refractivity contribution in [3.05, 3.63) is 29.6 Å². The van der Waals surface area contributed by atoms with E-state index in [2.05, 4.69) is 4.98 Å². The summed E-state index contributed by atoms with van der Waals surface area (Å²) in [6.45, 7) is 6.09. The number of pyridine rings is 1. The Balaban J connectivity index is 2.86. The molecule has 104 valence electrons. The van der Waals surface area contributed by atoms with Crippen LogP contribution in [0.25, 0.3) is 0 Å². The lowest BCUT2D eigenvalue weighted by Crippen LogP contribution is -2.47. The number of hydrogen-bond acceptors (Lipinski definition) is 3. The molecule has 0 saturated carbocycles. The van der Waals surface area contributed by atoms with Gasteiger partial charge in [0.15, 0.2) is 0 Å². The number of aryl methyl sites for hydroxylation is 1. The molecule has 0 saturated heterocycles. The molecular formula is C14H21N3OS. The van der Waals surface area contributed by atoms with Gasteiger partial charge in [-0.2, -0.15) is 0 Å². The van der Waals surface area contributed by atoms with Crippen LogP contribution in [0.5, 0.6) is 0 Å². The lowest BCUT2D eigenvalue weighted by atomic mass is 9.86. The van der Waals surface area contributed by atoms with E-state index in [0.29, 0.717) is 13.0 Å². The van der Waals surface area contributed by atoms with Gasteiger partial charge < -0.3 is 10.6 Å². The third kappa shape index (κ3) is 3.50. The van der Waals surface area contributed by atoms with E-state index in [4.69, 9.17) is 18.0 Å². The number of nitrogens with zero attached hydrogens (tertiary/aromatic N) is 2. The van der Waals surface area contributed by atoms with Crippen molar-refractivity contribution in [2.45, 2.75) is 33.7 Å². The number of carbonyl (C=O) groups excluding carboxylic acids is 1. The van der Waals surface area contributed by atoms with Gasteiger partial charge in [-0.15, -0.1) is 0 Å². The molecule has 1 rings (SSSR count). The van der Waals surface area contributed by atoms with Crippen LogP contribution in [0.3, 0.4) is 0 Å². The Labute approximate surface area is 120 Å². The molecule has 0 aliphatic carbocycles. The van der Waals surface area contributed by atoms with E-state index in [-0.39, 0.29) is 10.9 Å². The minimum Gasteiger partial charge on any atom is -0.392 e. The van der Waals surface area contributed by atoms with Crippen molar-refractivity contribution in [3.63, 3.8) is 0 Å². The molecule has 5 heteroatoms. The molecule has 0 fully saturated rings. The molecule has 1 heterocycles. The fourth-order valence-corrected chi connectivity index (χ4v) is 2.09. The number of hydrogen-bond donors (Lipinski definition) is 1. The van der Waals surface area contributed by atoms with E-state index >= 15 is 0 Å². The third-order valence-electron chi connectivity index (χ3n) is 3.41. The zero-order chi connectivity index (χ0) is 14.6. The Morgan fingerprint density at radius 2 is 2.16 bits per heavy atom. The molecule has 1 unspecified atom stereocenters. The second kappa shape index (κ2) is 6.10. The molecule has 2 N–H and O–H groups in total. The maximum Gasteiger partial charge on any atom is 0.235 e. The van der Waals surface area contributed by atoms with Gasteiger partial charge in [0.25, 0.3) is 0 Å². The highest BCUT2D eigenvalue weighted by molar-refractivity contribution is 7.80. The number of rotatable bonds is 5. The molecular weight excluding hydrogens is 258 g/mol. The first-order chi connectivity index (χ1) is 8.81. The number of aromatic nitrogens is 1. The zero-order valence-corrected chi connectivity index (χ0v) is 12.8. The summed E-state index contributed by atoms with van der Waals surface area (Å²) >= 11 is 5.03. The van der Waals surface area contributed by atoms with Crippen LogP contribution in [0.4, 0.5) is 0 Å². The van der Waals surface area contributed by atoms with Gasteiger partial charge in [0.05, 0.1) is 22.6 Å². The number of thiocarbonyl (C=S) groups is 1. The summed E-state index contributed by atoms with van der Waals surface area (Å²) in [6.07, 6.45) is 0.590. The second-order valence-electron chi connectivity index (χ2n) is 4.98. The summed E-state index contributed by atoms with van der Waals surface area (Å²) < 4.78 is 0. The Morgan fingerprint density at radius 3 is 2.63 bits per heavy atom.